The first-order valence-electron chi connectivity index (χ1n) is 7.88. The fourth-order valence-electron chi connectivity index (χ4n) is 1.68. The van der Waals surface area contributed by atoms with Crippen molar-refractivity contribution in [2.75, 3.05) is 0 Å². The minimum absolute atomic E-state index is 0.133. The number of hydrogen-bond donors (Lipinski definition) is 0. The zero-order valence-electron chi connectivity index (χ0n) is 14.1. The van der Waals surface area contributed by atoms with Crippen molar-refractivity contribution in [2.45, 2.75) is 52.4 Å². The van der Waals surface area contributed by atoms with Crippen LogP contribution in [-0.2, 0) is 15.7 Å². The van der Waals surface area contributed by atoms with Gasteiger partial charge in [-0.15, -0.1) is 0 Å². The molecule has 0 spiro atoms. The van der Waals surface area contributed by atoms with Gasteiger partial charge in [-0.2, -0.15) is 0 Å². The predicted octanol–water partition coefficient (Wildman–Crippen LogP) is 5.35. The Bertz CT molecular complexity index is 618. The van der Waals surface area contributed by atoms with Crippen LogP contribution in [0.5, 0.6) is 0 Å². The molecule has 0 atom stereocenters. The Balaban J connectivity index is 3.23. The molecule has 1 aromatic carbocycles. The average molecular weight is 496 g/mol. The summed E-state index contributed by atoms with van der Waals surface area (Å²) in [4.78, 5) is 23.5. The summed E-state index contributed by atoms with van der Waals surface area (Å²) in [6, 6.07) is 0. The summed E-state index contributed by atoms with van der Waals surface area (Å²) in [5.74, 6) is -12.9. The summed E-state index contributed by atoms with van der Waals surface area (Å²) in [6.07, 6.45) is 1.75. The summed E-state index contributed by atoms with van der Waals surface area (Å²) in [6.45, 7) is 3.55. The number of carbonyl (C=O) groups excluding carboxylic acids is 2. The van der Waals surface area contributed by atoms with Gasteiger partial charge in [-0.25, -0.2) is 0 Å². The quantitative estimate of drug-likeness (QED) is 0.200. The van der Waals surface area contributed by atoms with Crippen LogP contribution in [0.15, 0.2) is 0 Å². The van der Waals surface area contributed by atoms with E-state index in [0.29, 0.717) is 25.7 Å². The van der Waals surface area contributed by atoms with Crippen LogP contribution in [0.3, 0.4) is 0 Å². The second-order valence-corrected chi connectivity index (χ2v) is 8.41. The molecule has 26 heavy (non-hydrogen) atoms. The molecular formula is C16H18F5IO4. The molecule has 0 unspecified atom stereocenters. The molecule has 0 saturated heterocycles. The summed E-state index contributed by atoms with van der Waals surface area (Å²) >= 11 is -4.26. The third kappa shape index (κ3) is 5.78. The van der Waals surface area contributed by atoms with Gasteiger partial charge >= 0.3 is 155 Å². The molecule has 0 saturated carbocycles. The van der Waals surface area contributed by atoms with E-state index in [2.05, 4.69) is 0 Å². The molecule has 0 aromatic heterocycles. The monoisotopic (exact) mass is 496 g/mol. The first kappa shape index (κ1) is 22.6. The molecule has 148 valence electrons. The van der Waals surface area contributed by atoms with Gasteiger partial charge in [0.2, 0.25) is 0 Å². The van der Waals surface area contributed by atoms with Crippen LogP contribution in [0.4, 0.5) is 22.0 Å². The number of carbonyl (C=O) groups is 2. The van der Waals surface area contributed by atoms with Gasteiger partial charge in [-0.05, 0) is 0 Å². The zero-order chi connectivity index (χ0) is 19.9. The molecule has 1 aromatic rings. The Morgan fingerprint density at radius 1 is 0.731 bits per heavy atom. The molecule has 0 amide bonds. The standard InChI is InChI=1S/C16H18F5IO4/c1-3-5-7-9(23)25-22(26-10(24)8-6-4-2)16-14(20)12(18)11(17)13(19)15(16)21/h3-8H2,1-2H3. The fraction of sp³-hybridized carbons (Fsp3) is 0.500. The molecule has 0 heterocycles. The minimum atomic E-state index is -4.26. The van der Waals surface area contributed by atoms with E-state index in [1.807, 2.05) is 0 Å². The van der Waals surface area contributed by atoms with Crippen LogP contribution in [0, 0.1) is 32.7 Å². The van der Waals surface area contributed by atoms with Crippen molar-refractivity contribution in [3.8, 4) is 0 Å². The van der Waals surface area contributed by atoms with Crippen LogP contribution in [-0.4, -0.2) is 11.9 Å². The second-order valence-electron chi connectivity index (χ2n) is 5.21. The number of benzene rings is 1. The second kappa shape index (κ2) is 10.6. The van der Waals surface area contributed by atoms with E-state index in [9.17, 15) is 31.5 Å². The van der Waals surface area contributed by atoms with Crippen LogP contribution < -0.4 is 0 Å². The number of halogens is 6. The van der Waals surface area contributed by atoms with Gasteiger partial charge in [-0.1, -0.05) is 0 Å². The predicted molar refractivity (Wildman–Crippen MR) is 90.2 cm³/mol. The van der Waals surface area contributed by atoms with E-state index < -0.39 is 65.2 Å². The Hall–Kier alpha value is -1.46. The number of rotatable bonds is 9. The van der Waals surface area contributed by atoms with Gasteiger partial charge in [0.25, 0.3) is 0 Å². The van der Waals surface area contributed by atoms with Crippen molar-refractivity contribution >= 4 is 32.6 Å². The molecular weight excluding hydrogens is 478 g/mol. The summed E-state index contributed by atoms with van der Waals surface area (Å²) in [5.41, 5.74) is 0. The molecule has 0 radical (unpaired) electrons. The van der Waals surface area contributed by atoms with Crippen LogP contribution >= 0.6 is 20.6 Å². The van der Waals surface area contributed by atoms with Crippen molar-refractivity contribution in [3.05, 3.63) is 32.7 Å². The van der Waals surface area contributed by atoms with Gasteiger partial charge < -0.3 is 0 Å². The van der Waals surface area contributed by atoms with Gasteiger partial charge in [0, 0.05) is 0 Å². The van der Waals surface area contributed by atoms with Gasteiger partial charge in [0.05, 0.1) is 0 Å². The van der Waals surface area contributed by atoms with Crippen molar-refractivity contribution in [1.82, 2.24) is 0 Å². The third-order valence-corrected chi connectivity index (χ3v) is 6.70. The van der Waals surface area contributed by atoms with E-state index in [1.165, 1.54) is 0 Å². The fourth-order valence-corrected chi connectivity index (χ4v) is 4.79. The van der Waals surface area contributed by atoms with Crippen molar-refractivity contribution in [1.29, 1.82) is 0 Å². The average Bonchev–Trinajstić information content (AvgIpc) is 2.61. The van der Waals surface area contributed by atoms with E-state index in [0.717, 1.165) is 0 Å². The maximum absolute atomic E-state index is 14.0. The van der Waals surface area contributed by atoms with Crippen molar-refractivity contribution < 1.29 is 37.7 Å². The molecule has 1 rings (SSSR count). The van der Waals surface area contributed by atoms with Gasteiger partial charge in [0.15, 0.2) is 0 Å². The molecule has 4 nitrogen and oxygen atoms in total. The van der Waals surface area contributed by atoms with Gasteiger partial charge in [-0.3, -0.25) is 0 Å². The Labute approximate surface area is 155 Å². The van der Waals surface area contributed by atoms with E-state index in [1.54, 1.807) is 13.8 Å². The molecule has 0 fully saturated rings. The van der Waals surface area contributed by atoms with Crippen LogP contribution in [0.2, 0.25) is 0 Å². The molecule has 10 heteroatoms. The molecule has 0 aliphatic heterocycles. The van der Waals surface area contributed by atoms with Crippen LogP contribution in [0.25, 0.3) is 0 Å². The maximum atomic E-state index is 14.0. The summed E-state index contributed by atoms with van der Waals surface area (Å²) in [5, 5.41) is 0. The van der Waals surface area contributed by atoms with Gasteiger partial charge in [0.1, 0.15) is 0 Å². The molecule has 0 N–H and O–H groups in total. The van der Waals surface area contributed by atoms with E-state index >= 15 is 0 Å². The Kier molecular flexibility index (Phi) is 9.23. The molecule has 0 aliphatic carbocycles. The Morgan fingerprint density at radius 2 is 1.08 bits per heavy atom. The van der Waals surface area contributed by atoms with Crippen molar-refractivity contribution in [2.24, 2.45) is 0 Å². The van der Waals surface area contributed by atoms with E-state index in [4.69, 9.17) is 6.13 Å². The third-order valence-electron chi connectivity index (χ3n) is 3.09. The number of hydrogen-bond acceptors (Lipinski definition) is 4. The summed E-state index contributed by atoms with van der Waals surface area (Å²) < 4.78 is 76.4. The Morgan fingerprint density at radius 3 is 1.42 bits per heavy atom. The summed E-state index contributed by atoms with van der Waals surface area (Å²) in [7, 11) is 0. The van der Waals surface area contributed by atoms with Crippen LogP contribution in [0.1, 0.15) is 52.4 Å². The molecule has 0 aliphatic rings. The first-order chi connectivity index (χ1) is 12.2. The number of unbranched alkanes of at least 4 members (excludes halogenated alkanes) is 2. The van der Waals surface area contributed by atoms with Crippen molar-refractivity contribution in [3.63, 3.8) is 0 Å². The first-order valence-corrected chi connectivity index (χ1v) is 10.7. The zero-order valence-corrected chi connectivity index (χ0v) is 16.3. The van der Waals surface area contributed by atoms with E-state index in [-0.39, 0.29) is 12.8 Å². The topological polar surface area (TPSA) is 52.6 Å². The normalized spacial score (nSPS) is 11.3. The SMILES string of the molecule is CCCCC(=O)OI(OC(=O)CCCC)c1c(F)c(F)c(F)c(F)c1F. The molecule has 0 bridgehead atoms.